The minimum absolute atomic E-state index is 0.955. The van der Waals surface area contributed by atoms with Crippen LogP contribution in [0.3, 0.4) is 0 Å². The molecule has 0 saturated carbocycles. The van der Waals surface area contributed by atoms with Gasteiger partial charge >= 0.3 is 0 Å². The Morgan fingerprint density at radius 1 is 0.458 bits per heavy atom. The van der Waals surface area contributed by atoms with Crippen molar-refractivity contribution in [1.82, 2.24) is 0 Å². The summed E-state index contributed by atoms with van der Waals surface area (Å²) in [4.78, 5) is 0. The van der Waals surface area contributed by atoms with Gasteiger partial charge in [-0.25, -0.2) is 0 Å². The zero-order valence-corrected chi connectivity index (χ0v) is 19.9. The summed E-state index contributed by atoms with van der Waals surface area (Å²) in [7, 11) is 0. The van der Waals surface area contributed by atoms with Crippen molar-refractivity contribution in [2.45, 2.75) is 142 Å². The van der Waals surface area contributed by atoms with Crippen LogP contribution >= 0.6 is 15.3 Å². The standard InChI is InChI=1S/C22H47BrSi/c1-4-5-6-7-8-9-10-11-12-13-14-15-16-17-18-19-20-21-22-24(2,3)23/h4-22H2,1-3H3. The molecule has 0 amide bonds. The fourth-order valence-corrected chi connectivity index (χ4v) is 5.38. The molecule has 0 radical (unpaired) electrons. The second-order valence-electron chi connectivity index (χ2n) is 8.48. The molecule has 0 unspecified atom stereocenters. The van der Waals surface area contributed by atoms with E-state index < -0.39 is 6.69 Å². The highest BCUT2D eigenvalue weighted by Crippen LogP contribution is 2.21. The molecule has 2 heteroatoms. The first kappa shape index (κ1) is 24.7. The van der Waals surface area contributed by atoms with Crippen molar-refractivity contribution in [1.29, 1.82) is 0 Å². The van der Waals surface area contributed by atoms with Crippen LogP contribution in [0.25, 0.3) is 0 Å². The number of hydrogen-bond acceptors (Lipinski definition) is 0. The summed E-state index contributed by atoms with van der Waals surface area (Å²) < 4.78 is 0. The summed E-state index contributed by atoms with van der Waals surface area (Å²) in [6.07, 6.45) is 26.4. The molecule has 0 aliphatic carbocycles. The topological polar surface area (TPSA) is 0 Å². The van der Waals surface area contributed by atoms with Gasteiger partial charge < -0.3 is 0 Å². The molecule has 0 atom stereocenters. The molecule has 0 aromatic heterocycles. The summed E-state index contributed by atoms with van der Waals surface area (Å²) >= 11 is 3.87. The molecular weight excluding hydrogens is 372 g/mol. The molecule has 0 heterocycles. The lowest BCUT2D eigenvalue weighted by Crippen LogP contribution is -2.13. The summed E-state index contributed by atoms with van der Waals surface area (Å²) in [6.45, 7) is 6.18. The van der Waals surface area contributed by atoms with Crippen LogP contribution < -0.4 is 0 Å². The van der Waals surface area contributed by atoms with E-state index in [1.165, 1.54) is 122 Å². The lowest BCUT2D eigenvalue weighted by Gasteiger charge is -2.12. The average Bonchev–Trinajstić information content (AvgIpc) is 2.52. The Bertz CT molecular complexity index is 235. The van der Waals surface area contributed by atoms with Crippen LogP contribution in [0.2, 0.25) is 19.1 Å². The van der Waals surface area contributed by atoms with Crippen LogP contribution in [0.15, 0.2) is 0 Å². The monoisotopic (exact) mass is 418 g/mol. The molecule has 0 bridgehead atoms. The van der Waals surface area contributed by atoms with Crippen molar-refractivity contribution >= 4 is 22.0 Å². The third-order valence-electron chi connectivity index (χ3n) is 5.12. The van der Waals surface area contributed by atoms with E-state index >= 15 is 0 Å². The summed E-state index contributed by atoms with van der Waals surface area (Å²) in [5, 5.41) is 0. The molecule has 0 aliphatic heterocycles. The van der Waals surface area contributed by atoms with Crippen molar-refractivity contribution in [3.63, 3.8) is 0 Å². The van der Waals surface area contributed by atoms with Gasteiger partial charge in [-0.15, -0.1) is 15.3 Å². The molecule has 0 aromatic rings. The second kappa shape index (κ2) is 18.5. The Hall–Kier alpha value is 0.697. The molecule has 0 aromatic carbocycles. The van der Waals surface area contributed by atoms with Crippen LogP contribution in [0.5, 0.6) is 0 Å². The summed E-state index contributed by atoms with van der Waals surface area (Å²) in [5.41, 5.74) is 0. The van der Waals surface area contributed by atoms with E-state index in [2.05, 4.69) is 35.3 Å². The third kappa shape index (κ3) is 22.7. The van der Waals surface area contributed by atoms with E-state index in [0.29, 0.717) is 0 Å². The molecule has 0 spiro atoms. The van der Waals surface area contributed by atoms with Crippen LogP contribution in [-0.2, 0) is 0 Å². The van der Waals surface area contributed by atoms with Gasteiger partial charge in [-0.1, -0.05) is 136 Å². The van der Waals surface area contributed by atoms with Crippen molar-refractivity contribution in [3.05, 3.63) is 0 Å². The molecule has 0 fully saturated rings. The zero-order chi connectivity index (χ0) is 17.9. The first-order valence-corrected chi connectivity index (χ1v) is 16.7. The molecule has 0 saturated heterocycles. The SMILES string of the molecule is CCCCCCCCCCCCCCCCCCCC[Si](C)(C)Br. The van der Waals surface area contributed by atoms with Crippen LogP contribution in [0.1, 0.15) is 122 Å². The van der Waals surface area contributed by atoms with E-state index in [0.717, 1.165) is 0 Å². The van der Waals surface area contributed by atoms with Crippen LogP contribution in [-0.4, -0.2) is 6.69 Å². The summed E-state index contributed by atoms with van der Waals surface area (Å²) in [5.74, 6) is 0. The number of rotatable bonds is 19. The minimum Gasteiger partial charge on any atom is -0.127 e. The molecular formula is C22H47BrSi. The highest BCUT2D eigenvalue weighted by atomic mass is 79.9. The average molecular weight is 420 g/mol. The molecule has 0 nitrogen and oxygen atoms in total. The third-order valence-corrected chi connectivity index (χ3v) is 7.86. The number of halogens is 1. The fourth-order valence-electron chi connectivity index (χ4n) is 3.45. The van der Waals surface area contributed by atoms with Gasteiger partial charge in [0.15, 0.2) is 0 Å². The zero-order valence-electron chi connectivity index (χ0n) is 17.3. The Morgan fingerprint density at radius 2 is 0.708 bits per heavy atom. The second-order valence-corrected chi connectivity index (χ2v) is 18.9. The van der Waals surface area contributed by atoms with Gasteiger partial charge in [-0.2, -0.15) is 0 Å². The van der Waals surface area contributed by atoms with Crippen molar-refractivity contribution in [2.75, 3.05) is 0 Å². The van der Waals surface area contributed by atoms with Crippen molar-refractivity contribution in [2.24, 2.45) is 0 Å². The van der Waals surface area contributed by atoms with Gasteiger partial charge in [-0.3, -0.25) is 0 Å². The summed E-state index contributed by atoms with van der Waals surface area (Å²) in [6, 6.07) is 1.45. The lowest BCUT2D eigenvalue weighted by molar-refractivity contribution is 0.526. The molecule has 0 aliphatic rings. The highest BCUT2D eigenvalue weighted by molar-refractivity contribution is 9.26. The largest absolute Gasteiger partial charge is 0.127 e. The predicted molar refractivity (Wildman–Crippen MR) is 120 cm³/mol. The maximum atomic E-state index is 3.87. The minimum atomic E-state index is -0.955. The molecule has 146 valence electrons. The van der Waals surface area contributed by atoms with Crippen LogP contribution in [0.4, 0.5) is 0 Å². The van der Waals surface area contributed by atoms with Gasteiger partial charge in [0.1, 0.15) is 6.69 Å². The van der Waals surface area contributed by atoms with E-state index in [1.54, 1.807) is 0 Å². The van der Waals surface area contributed by atoms with E-state index in [9.17, 15) is 0 Å². The molecule has 0 N–H and O–H groups in total. The van der Waals surface area contributed by atoms with Gasteiger partial charge in [0.25, 0.3) is 0 Å². The van der Waals surface area contributed by atoms with E-state index in [-0.39, 0.29) is 0 Å². The van der Waals surface area contributed by atoms with Crippen molar-refractivity contribution in [3.8, 4) is 0 Å². The predicted octanol–water partition coefficient (Wildman–Crippen LogP) is 9.63. The van der Waals surface area contributed by atoms with Gasteiger partial charge in [0.05, 0.1) is 0 Å². The Morgan fingerprint density at radius 3 is 0.958 bits per heavy atom. The first-order chi connectivity index (χ1) is 11.6. The Balaban J connectivity index is 3.00. The maximum Gasteiger partial charge on any atom is 0.124 e. The number of hydrogen-bond donors (Lipinski definition) is 0. The van der Waals surface area contributed by atoms with E-state index in [1.807, 2.05) is 0 Å². The smallest absolute Gasteiger partial charge is 0.124 e. The first-order valence-electron chi connectivity index (χ1n) is 11.2. The lowest BCUT2D eigenvalue weighted by atomic mass is 10.0. The Kier molecular flexibility index (Phi) is 19.0. The normalized spacial score (nSPS) is 12.0. The maximum absolute atomic E-state index is 3.87. The van der Waals surface area contributed by atoms with Gasteiger partial charge in [-0.05, 0) is 6.04 Å². The molecule has 24 heavy (non-hydrogen) atoms. The quantitative estimate of drug-likeness (QED) is 0.111. The highest BCUT2D eigenvalue weighted by Gasteiger charge is 2.14. The van der Waals surface area contributed by atoms with Gasteiger partial charge in [0.2, 0.25) is 0 Å². The van der Waals surface area contributed by atoms with Crippen molar-refractivity contribution < 1.29 is 0 Å². The molecule has 0 rings (SSSR count). The number of unbranched alkanes of at least 4 members (excludes halogenated alkanes) is 17. The fraction of sp³-hybridized carbons (Fsp3) is 1.00. The van der Waals surface area contributed by atoms with Gasteiger partial charge in [0, 0.05) is 0 Å². The van der Waals surface area contributed by atoms with E-state index in [4.69, 9.17) is 0 Å². The van der Waals surface area contributed by atoms with Crippen LogP contribution in [0, 0.1) is 0 Å². The Labute approximate surface area is 163 Å².